The summed E-state index contributed by atoms with van der Waals surface area (Å²) in [6.45, 7) is 1.37. The lowest BCUT2D eigenvalue weighted by atomic mass is 10.0. The SMILES string of the molecule is Cc1c(C(F)(F)F)c(O)cc2ccn(C)c12. The van der Waals surface area contributed by atoms with Gasteiger partial charge in [-0.15, -0.1) is 0 Å². The number of aromatic hydroxyl groups is 1. The second-order valence-corrected chi connectivity index (χ2v) is 3.76. The van der Waals surface area contributed by atoms with Crippen LogP contribution in [-0.2, 0) is 13.2 Å². The lowest BCUT2D eigenvalue weighted by molar-refractivity contribution is -0.139. The molecule has 0 saturated heterocycles. The Balaban J connectivity index is 2.90. The number of fused-ring (bicyclic) bond motifs is 1. The van der Waals surface area contributed by atoms with E-state index in [-0.39, 0.29) is 5.56 Å². The summed E-state index contributed by atoms with van der Waals surface area (Å²) >= 11 is 0. The molecule has 2 aromatic rings. The van der Waals surface area contributed by atoms with Crippen molar-refractivity contribution in [2.75, 3.05) is 0 Å². The fourth-order valence-corrected chi connectivity index (χ4v) is 2.03. The van der Waals surface area contributed by atoms with E-state index in [1.807, 2.05) is 0 Å². The minimum Gasteiger partial charge on any atom is -0.507 e. The number of hydrogen-bond donors (Lipinski definition) is 1. The predicted octanol–water partition coefficient (Wildman–Crippen LogP) is 3.21. The first-order chi connectivity index (χ1) is 7.32. The molecular weight excluding hydrogens is 219 g/mol. The van der Waals surface area contributed by atoms with Crippen molar-refractivity contribution in [1.82, 2.24) is 4.57 Å². The van der Waals surface area contributed by atoms with Gasteiger partial charge in [0.2, 0.25) is 0 Å². The molecule has 2 nitrogen and oxygen atoms in total. The van der Waals surface area contributed by atoms with Crippen LogP contribution in [0.1, 0.15) is 11.1 Å². The van der Waals surface area contributed by atoms with E-state index in [9.17, 15) is 18.3 Å². The summed E-state index contributed by atoms with van der Waals surface area (Å²) in [5, 5.41) is 10.0. The molecular formula is C11H10F3NO. The number of nitrogens with zero attached hydrogens (tertiary/aromatic N) is 1. The van der Waals surface area contributed by atoms with Gasteiger partial charge < -0.3 is 9.67 Å². The molecule has 0 radical (unpaired) electrons. The van der Waals surface area contributed by atoms with E-state index in [2.05, 4.69) is 0 Å². The van der Waals surface area contributed by atoms with Crippen LogP contribution < -0.4 is 0 Å². The predicted molar refractivity (Wildman–Crippen MR) is 54.3 cm³/mol. The average Bonchev–Trinajstić information content (AvgIpc) is 2.44. The lowest BCUT2D eigenvalue weighted by Crippen LogP contribution is -2.08. The third-order valence-corrected chi connectivity index (χ3v) is 2.67. The maximum absolute atomic E-state index is 12.7. The third-order valence-electron chi connectivity index (χ3n) is 2.67. The Morgan fingerprint density at radius 3 is 2.50 bits per heavy atom. The summed E-state index contributed by atoms with van der Waals surface area (Å²) in [5.74, 6) is -0.719. The van der Waals surface area contributed by atoms with E-state index in [4.69, 9.17) is 0 Å². The Hall–Kier alpha value is -1.65. The topological polar surface area (TPSA) is 25.2 Å². The minimum atomic E-state index is -4.54. The second-order valence-electron chi connectivity index (χ2n) is 3.76. The number of aryl methyl sites for hydroxylation is 2. The second kappa shape index (κ2) is 3.17. The van der Waals surface area contributed by atoms with Gasteiger partial charge in [0.05, 0.1) is 5.52 Å². The molecule has 16 heavy (non-hydrogen) atoms. The number of alkyl halides is 3. The molecule has 0 atom stereocenters. The monoisotopic (exact) mass is 229 g/mol. The van der Waals surface area contributed by atoms with Gasteiger partial charge in [0, 0.05) is 18.6 Å². The van der Waals surface area contributed by atoms with Gasteiger partial charge in [0.15, 0.2) is 0 Å². The summed E-state index contributed by atoms with van der Waals surface area (Å²) in [4.78, 5) is 0. The van der Waals surface area contributed by atoms with E-state index >= 15 is 0 Å². The fourth-order valence-electron chi connectivity index (χ4n) is 2.03. The van der Waals surface area contributed by atoms with Crippen LogP contribution in [0.5, 0.6) is 5.75 Å². The highest BCUT2D eigenvalue weighted by molar-refractivity contribution is 5.86. The van der Waals surface area contributed by atoms with Gasteiger partial charge in [-0.2, -0.15) is 13.2 Å². The molecule has 1 N–H and O–H groups in total. The molecule has 0 aliphatic heterocycles. The lowest BCUT2D eigenvalue weighted by Gasteiger charge is -2.14. The Labute approximate surface area is 89.9 Å². The molecule has 0 aliphatic carbocycles. The van der Waals surface area contributed by atoms with Crippen molar-refractivity contribution in [3.63, 3.8) is 0 Å². The molecule has 0 aliphatic rings. The van der Waals surface area contributed by atoms with E-state index in [1.54, 1.807) is 23.9 Å². The fraction of sp³-hybridized carbons (Fsp3) is 0.273. The van der Waals surface area contributed by atoms with Gasteiger partial charge in [-0.1, -0.05) is 0 Å². The van der Waals surface area contributed by atoms with Crippen LogP contribution in [0, 0.1) is 6.92 Å². The highest BCUT2D eigenvalue weighted by atomic mass is 19.4. The van der Waals surface area contributed by atoms with E-state index in [0.29, 0.717) is 10.9 Å². The van der Waals surface area contributed by atoms with Gasteiger partial charge in [-0.05, 0) is 24.6 Å². The summed E-state index contributed by atoms with van der Waals surface area (Å²) in [5.41, 5.74) is -0.415. The molecule has 0 bridgehead atoms. The summed E-state index contributed by atoms with van der Waals surface area (Å²) in [7, 11) is 1.67. The number of aromatic nitrogens is 1. The first-order valence-electron chi connectivity index (χ1n) is 4.67. The number of benzene rings is 1. The zero-order valence-electron chi connectivity index (χ0n) is 8.76. The van der Waals surface area contributed by atoms with E-state index in [0.717, 1.165) is 6.07 Å². The molecule has 1 aromatic carbocycles. The van der Waals surface area contributed by atoms with E-state index in [1.165, 1.54) is 6.92 Å². The summed E-state index contributed by atoms with van der Waals surface area (Å²) < 4.78 is 39.7. The first kappa shape index (κ1) is 10.9. The molecule has 86 valence electrons. The van der Waals surface area contributed by atoms with E-state index < -0.39 is 17.5 Å². The minimum absolute atomic E-state index is 0.0509. The zero-order valence-corrected chi connectivity index (χ0v) is 8.76. The van der Waals surface area contributed by atoms with Crippen molar-refractivity contribution in [2.45, 2.75) is 13.1 Å². The maximum atomic E-state index is 12.7. The van der Waals surface area contributed by atoms with Gasteiger partial charge in [0.25, 0.3) is 0 Å². The number of rotatable bonds is 0. The van der Waals surface area contributed by atoms with Crippen molar-refractivity contribution >= 4 is 10.9 Å². The quantitative estimate of drug-likeness (QED) is 0.737. The van der Waals surface area contributed by atoms with Crippen molar-refractivity contribution in [2.24, 2.45) is 7.05 Å². The largest absolute Gasteiger partial charge is 0.507 e. The number of phenols is 1. The normalized spacial score (nSPS) is 12.3. The van der Waals surface area contributed by atoms with Crippen molar-refractivity contribution in [3.05, 3.63) is 29.5 Å². The van der Waals surface area contributed by atoms with Crippen LogP contribution in [0.3, 0.4) is 0 Å². The van der Waals surface area contributed by atoms with Crippen molar-refractivity contribution in [1.29, 1.82) is 0 Å². The summed E-state index contributed by atoms with van der Waals surface area (Å²) in [6.07, 6.45) is -2.87. The molecule has 5 heteroatoms. The Kier molecular flexibility index (Phi) is 2.15. The van der Waals surface area contributed by atoms with Crippen LogP contribution in [0.4, 0.5) is 13.2 Å². The standard InChI is InChI=1S/C11H10F3NO/c1-6-9(11(12,13)14)8(16)5-7-3-4-15(2)10(6)7/h3-5,16H,1-2H3. The molecule has 0 fully saturated rings. The molecule has 0 saturated carbocycles. The third kappa shape index (κ3) is 1.43. The number of halogens is 3. The zero-order chi connectivity index (χ0) is 12.1. The van der Waals surface area contributed by atoms with Crippen LogP contribution in [0.25, 0.3) is 10.9 Å². The van der Waals surface area contributed by atoms with Gasteiger partial charge in [-0.25, -0.2) is 0 Å². The number of hydrogen-bond acceptors (Lipinski definition) is 1. The molecule has 2 rings (SSSR count). The number of phenolic OH excluding ortho intramolecular Hbond substituents is 1. The van der Waals surface area contributed by atoms with Crippen LogP contribution in [0.2, 0.25) is 0 Å². The van der Waals surface area contributed by atoms with Crippen LogP contribution >= 0.6 is 0 Å². The van der Waals surface area contributed by atoms with Crippen molar-refractivity contribution < 1.29 is 18.3 Å². The Morgan fingerprint density at radius 1 is 1.31 bits per heavy atom. The molecule has 0 unspecified atom stereocenters. The van der Waals surface area contributed by atoms with Crippen LogP contribution in [0.15, 0.2) is 18.3 Å². The molecule has 1 heterocycles. The van der Waals surface area contributed by atoms with Gasteiger partial charge >= 0.3 is 6.18 Å². The Bertz CT molecular complexity index is 554. The smallest absolute Gasteiger partial charge is 0.420 e. The molecule has 0 amide bonds. The van der Waals surface area contributed by atoms with Gasteiger partial charge in [0.1, 0.15) is 11.3 Å². The first-order valence-corrected chi connectivity index (χ1v) is 4.67. The highest BCUT2D eigenvalue weighted by Gasteiger charge is 2.36. The Morgan fingerprint density at radius 2 is 1.94 bits per heavy atom. The molecule has 1 aromatic heterocycles. The van der Waals surface area contributed by atoms with Gasteiger partial charge in [-0.3, -0.25) is 0 Å². The highest BCUT2D eigenvalue weighted by Crippen LogP contribution is 2.41. The molecule has 0 spiro atoms. The average molecular weight is 229 g/mol. The maximum Gasteiger partial charge on any atom is 0.420 e. The van der Waals surface area contributed by atoms with Crippen molar-refractivity contribution in [3.8, 4) is 5.75 Å². The van der Waals surface area contributed by atoms with Crippen LogP contribution in [-0.4, -0.2) is 9.67 Å². The summed E-state index contributed by atoms with van der Waals surface area (Å²) in [6, 6.07) is 2.81.